The van der Waals surface area contributed by atoms with Crippen molar-refractivity contribution in [2.45, 2.75) is 33.1 Å². The van der Waals surface area contributed by atoms with Gasteiger partial charge in [-0.2, -0.15) is 0 Å². The fraction of sp³-hybridized carbons (Fsp3) is 0.263. The molecule has 1 heterocycles. The molecule has 0 radical (unpaired) electrons. The number of hydrogen-bond donors (Lipinski definition) is 0. The molecule has 0 bridgehead atoms. The summed E-state index contributed by atoms with van der Waals surface area (Å²) in [5.41, 5.74) is 3.82. The standard InChI is InChI=1S/C19H19FN2S/c1-3-4-5-14-7-10-15(11-8-14)18-21-22-19(23-18)16-9-6-13(2)17(20)12-16/h6-12H,3-5H2,1-2H3. The fourth-order valence-corrected chi connectivity index (χ4v) is 3.22. The molecule has 0 atom stereocenters. The number of unbranched alkanes of at least 4 members (excludes halogenated alkanes) is 1. The number of benzene rings is 2. The number of rotatable bonds is 5. The molecule has 0 N–H and O–H groups in total. The molecule has 0 spiro atoms. The van der Waals surface area contributed by atoms with E-state index in [4.69, 9.17) is 0 Å². The molecular formula is C19H19FN2S. The molecule has 0 unspecified atom stereocenters. The third-order valence-electron chi connectivity index (χ3n) is 3.86. The van der Waals surface area contributed by atoms with Gasteiger partial charge in [-0.05, 0) is 37.0 Å². The first-order valence-corrected chi connectivity index (χ1v) is 8.68. The minimum atomic E-state index is -0.209. The highest BCUT2D eigenvalue weighted by Gasteiger charge is 2.10. The van der Waals surface area contributed by atoms with Gasteiger partial charge < -0.3 is 0 Å². The molecule has 2 nitrogen and oxygen atoms in total. The quantitative estimate of drug-likeness (QED) is 0.604. The second-order valence-corrected chi connectivity index (χ2v) is 6.65. The molecule has 3 aromatic rings. The van der Waals surface area contributed by atoms with Crippen LogP contribution in [0, 0.1) is 12.7 Å². The first-order valence-electron chi connectivity index (χ1n) is 7.86. The molecule has 0 fully saturated rings. The molecule has 23 heavy (non-hydrogen) atoms. The van der Waals surface area contributed by atoms with E-state index < -0.39 is 0 Å². The summed E-state index contributed by atoms with van der Waals surface area (Å²) in [6.45, 7) is 3.95. The molecule has 0 aliphatic rings. The van der Waals surface area contributed by atoms with Crippen LogP contribution >= 0.6 is 11.3 Å². The molecule has 0 aliphatic heterocycles. The zero-order chi connectivity index (χ0) is 16.2. The number of halogens is 1. The van der Waals surface area contributed by atoms with Gasteiger partial charge in [0.15, 0.2) is 0 Å². The van der Waals surface area contributed by atoms with Gasteiger partial charge in [-0.15, -0.1) is 10.2 Å². The second kappa shape index (κ2) is 7.01. The highest BCUT2D eigenvalue weighted by Crippen LogP contribution is 2.30. The lowest BCUT2D eigenvalue weighted by atomic mass is 10.1. The largest absolute Gasteiger partial charge is 0.207 e. The van der Waals surface area contributed by atoms with Crippen molar-refractivity contribution in [2.24, 2.45) is 0 Å². The van der Waals surface area contributed by atoms with Crippen LogP contribution in [-0.4, -0.2) is 10.2 Å². The van der Waals surface area contributed by atoms with Crippen molar-refractivity contribution in [1.29, 1.82) is 0 Å². The van der Waals surface area contributed by atoms with Gasteiger partial charge >= 0.3 is 0 Å². The summed E-state index contributed by atoms with van der Waals surface area (Å²) in [5.74, 6) is -0.209. The normalized spacial score (nSPS) is 10.9. The van der Waals surface area contributed by atoms with Gasteiger partial charge in [0.2, 0.25) is 0 Å². The predicted octanol–water partition coefficient (Wildman–Crippen LogP) is 5.66. The molecule has 118 valence electrons. The van der Waals surface area contributed by atoms with Gasteiger partial charge in [0.25, 0.3) is 0 Å². The first kappa shape index (κ1) is 15.8. The van der Waals surface area contributed by atoms with Crippen molar-refractivity contribution >= 4 is 11.3 Å². The van der Waals surface area contributed by atoms with Crippen molar-refractivity contribution in [1.82, 2.24) is 10.2 Å². The number of aryl methyl sites for hydroxylation is 2. The topological polar surface area (TPSA) is 25.8 Å². The molecule has 3 rings (SSSR count). The Bertz CT molecular complexity index is 793. The van der Waals surface area contributed by atoms with Crippen LogP contribution in [0.5, 0.6) is 0 Å². The number of aromatic nitrogens is 2. The Balaban J connectivity index is 1.82. The molecule has 1 aromatic heterocycles. The summed E-state index contributed by atoms with van der Waals surface area (Å²) in [6.07, 6.45) is 3.52. The third kappa shape index (κ3) is 3.64. The highest BCUT2D eigenvalue weighted by molar-refractivity contribution is 7.17. The van der Waals surface area contributed by atoms with Crippen LogP contribution < -0.4 is 0 Å². The van der Waals surface area contributed by atoms with Crippen LogP contribution in [0.15, 0.2) is 42.5 Å². The maximum absolute atomic E-state index is 13.7. The van der Waals surface area contributed by atoms with E-state index in [1.807, 2.05) is 6.07 Å². The average Bonchev–Trinajstić information content (AvgIpc) is 3.06. The lowest BCUT2D eigenvalue weighted by Crippen LogP contribution is -1.84. The van der Waals surface area contributed by atoms with Crippen LogP contribution in [-0.2, 0) is 6.42 Å². The lowest BCUT2D eigenvalue weighted by Gasteiger charge is -2.01. The van der Waals surface area contributed by atoms with Crippen LogP contribution in [0.3, 0.4) is 0 Å². The third-order valence-corrected chi connectivity index (χ3v) is 4.89. The predicted molar refractivity (Wildman–Crippen MR) is 94.1 cm³/mol. The molecule has 4 heteroatoms. The maximum atomic E-state index is 13.7. The Labute approximate surface area is 140 Å². The highest BCUT2D eigenvalue weighted by atomic mass is 32.1. The Hall–Kier alpha value is -2.07. The summed E-state index contributed by atoms with van der Waals surface area (Å²) in [7, 11) is 0. The van der Waals surface area contributed by atoms with E-state index in [2.05, 4.69) is 41.4 Å². The zero-order valence-electron chi connectivity index (χ0n) is 13.3. The van der Waals surface area contributed by atoms with E-state index in [1.54, 1.807) is 13.0 Å². The van der Waals surface area contributed by atoms with E-state index in [0.29, 0.717) is 5.56 Å². The van der Waals surface area contributed by atoms with Crippen LogP contribution in [0.1, 0.15) is 30.9 Å². The molecule has 2 aromatic carbocycles. The van der Waals surface area contributed by atoms with Crippen molar-refractivity contribution in [2.75, 3.05) is 0 Å². The molecule has 0 saturated heterocycles. The Morgan fingerprint density at radius 1 is 0.957 bits per heavy atom. The van der Waals surface area contributed by atoms with Gasteiger partial charge in [-0.1, -0.05) is 61.1 Å². The second-order valence-electron chi connectivity index (χ2n) is 5.68. The van der Waals surface area contributed by atoms with Crippen molar-refractivity contribution < 1.29 is 4.39 Å². The minimum absolute atomic E-state index is 0.209. The monoisotopic (exact) mass is 326 g/mol. The smallest absolute Gasteiger partial charge is 0.148 e. The fourth-order valence-electron chi connectivity index (χ4n) is 2.38. The summed E-state index contributed by atoms with van der Waals surface area (Å²) in [4.78, 5) is 0. The van der Waals surface area contributed by atoms with Crippen LogP contribution in [0.4, 0.5) is 4.39 Å². The molecule has 0 amide bonds. The van der Waals surface area contributed by atoms with Crippen molar-refractivity contribution in [3.63, 3.8) is 0 Å². The van der Waals surface area contributed by atoms with Gasteiger partial charge in [-0.3, -0.25) is 0 Å². The van der Waals surface area contributed by atoms with Crippen LogP contribution in [0.2, 0.25) is 0 Å². The summed E-state index contributed by atoms with van der Waals surface area (Å²) in [6, 6.07) is 13.7. The molecule has 0 aliphatic carbocycles. The summed E-state index contributed by atoms with van der Waals surface area (Å²) < 4.78 is 13.7. The van der Waals surface area contributed by atoms with Gasteiger partial charge in [0.05, 0.1) is 0 Å². The van der Waals surface area contributed by atoms with Crippen molar-refractivity contribution in [3.8, 4) is 21.1 Å². The van der Waals surface area contributed by atoms with Gasteiger partial charge in [0, 0.05) is 11.1 Å². The van der Waals surface area contributed by atoms with E-state index in [-0.39, 0.29) is 5.82 Å². The zero-order valence-corrected chi connectivity index (χ0v) is 14.2. The van der Waals surface area contributed by atoms with Crippen molar-refractivity contribution in [3.05, 3.63) is 59.4 Å². The van der Waals surface area contributed by atoms with Gasteiger partial charge in [0.1, 0.15) is 15.8 Å². The van der Waals surface area contributed by atoms with E-state index in [9.17, 15) is 4.39 Å². The minimum Gasteiger partial charge on any atom is -0.207 e. The molecule has 0 saturated carbocycles. The number of hydrogen-bond acceptors (Lipinski definition) is 3. The lowest BCUT2D eigenvalue weighted by molar-refractivity contribution is 0.619. The SMILES string of the molecule is CCCCc1ccc(-c2nnc(-c3ccc(C)c(F)c3)s2)cc1. The van der Waals surface area contributed by atoms with Gasteiger partial charge in [-0.25, -0.2) is 4.39 Å². The Morgan fingerprint density at radius 2 is 1.61 bits per heavy atom. The van der Waals surface area contributed by atoms with E-state index in [1.165, 1.54) is 35.8 Å². The average molecular weight is 326 g/mol. The number of nitrogens with zero attached hydrogens (tertiary/aromatic N) is 2. The Morgan fingerprint density at radius 3 is 2.26 bits per heavy atom. The molecular weight excluding hydrogens is 307 g/mol. The van der Waals surface area contributed by atoms with E-state index >= 15 is 0 Å². The van der Waals surface area contributed by atoms with Crippen LogP contribution in [0.25, 0.3) is 21.1 Å². The Kier molecular flexibility index (Phi) is 4.82. The van der Waals surface area contributed by atoms with E-state index in [0.717, 1.165) is 27.6 Å². The first-order chi connectivity index (χ1) is 11.2. The maximum Gasteiger partial charge on any atom is 0.148 e. The summed E-state index contributed by atoms with van der Waals surface area (Å²) in [5, 5.41) is 10.1. The summed E-state index contributed by atoms with van der Waals surface area (Å²) >= 11 is 1.49.